The van der Waals surface area contributed by atoms with Gasteiger partial charge in [-0.1, -0.05) is 27.7 Å². The van der Waals surface area contributed by atoms with E-state index in [1.54, 1.807) is 0 Å². The van der Waals surface area contributed by atoms with Crippen molar-refractivity contribution in [1.82, 2.24) is 5.32 Å². The summed E-state index contributed by atoms with van der Waals surface area (Å²) in [5.41, 5.74) is 0.621. The van der Waals surface area contributed by atoms with Gasteiger partial charge in [0.25, 0.3) is 0 Å². The Labute approximate surface area is 121 Å². The monoisotopic (exact) mass is 293 g/mol. The third-order valence-corrected chi connectivity index (χ3v) is 4.17. The molecule has 0 aliphatic heterocycles. The summed E-state index contributed by atoms with van der Waals surface area (Å²) in [6, 6.07) is 0.585. The zero-order chi connectivity index (χ0) is 15.6. The molecule has 0 radical (unpaired) electrons. The summed E-state index contributed by atoms with van der Waals surface area (Å²) in [6.07, 6.45) is -0.441. The van der Waals surface area contributed by atoms with Crippen LogP contribution in [0.3, 0.4) is 0 Å². The van der Waals surface area contributed by atoms with Gasteiger partial charge in [-0.15, -0.1) is 0 Å². The van der Waals surface area contributed by atoms with Crippen molar-refractivity contribution in [3.63, 3.8) is 0 Å². The standard InChI is InChI=1S/C16H30F3N/c1-12(7-6-8-16(17,18)19)20-13-9-14(2,3)11-15(4,5)10-13/h12-13,20H,6-11H2,1-5H3. The molecular formula is C16H30F3N. The summed E-state index contributed by atoms with van der Waals surface area (Å²) in [6.45, 7) is 11.2. The minimum atomic E-state index is -4.02. The molecule has 1 N–H and O–H groups in total. The summed E-state index contributed by atoms with van der Waals surface area (Å²) >= 11 is 0. The van der Waals surface area contributed by atoms with Crippen molar-refractivity contribution in [3.8, 4) is 0 Å². The van der Waals surface area contributed by atoms with E-state index in [0.29, 0.717) is 23.3 Å². The average molecular weight is 293 g/mol. The molecular weight excluding hydrogens is 263 g/mol. The first-order valence-corrected chi connectivity index (χ1v) is 7.71. The van der Waals surface area contributed by atoms with Crippen LogP contribution in [0.5, 0.6) is 0 Å². The first kappa shape index (κ1) is 17.8. The van der Waals surface area contributed by atoms with Gasteiger partial charge in [0.1, 0.15) is 0 Å². The summed E-state index contributed by atoms with van der Waals surface area (Å²) < 4.78 is 36.4. The van der Waals surface area contributed by atoms with Crippen LogP contribution >= 0.6 is 0 Å². The quantitative estimate of drug-likeness (QED) is 0.725. The van der Waals surface area contributed by atoms with Crippen LogP contribution in [0.15, 0.2) is 0 Å². The summed E-state index contributed by atoms with van der Waals surface area (Å²) in [7, 11) is 0. The molecule has 1 unspecified atom stereocenters. The van der Waals surface area contributed by atoms with Crippen LogP contribution in [0.2, 0.25) is 0 Å². The Morgan fingerprint density at radius 2 is 1.60 bits per heavy atom. The molecule has 120 valence electrons. The van der Waals surface area contributed by atoms with E-state index in [2.05, 4.69) is 33.0 Å². The molecule has 0 aromatic heterocycles. The van der Waals surface area contributed by atoms with Crippen molar-refractivity contribution < 1.29 is 13.2 Å². The van der Waals surface area contributed by atoms with E-state index in [9.17, 15) is 13.2 Å². The molecule has 0 amide bonds. The van der Waals surface area contributed by atoms with Crippen molar-refractivity contribution in [2.24, 2.45) is 10.8 Å². The molecule has 1 atom stereocenters. The van der Waals surface area contributed by atoms with Crippen LogP contribution in [-0.2, 0) is 0 Å². The van der Waals surface area contributed by atoms with E-state index in [1.807, 2.05) is 6.92 Å². The lowest BCUT2D eigenvalue weighted by Crippen LogP contribution is -2.46. The second kappa shape index (κ2) is 6.25. The van der Waals surface area contributed by atoms with Gasteiger partial charge >= 0.3 is 6.18 Å². The molecule has 0 bridgehead atoms. The Bertz CT molecular complexity index is 291. The van der Waals surface area contributed by atoms with Crippen molar-refractivity contribution in [3.05, 3.63) is 0 Å². The number of hydrogen-bond donors (Lipinski definition) is 1. The minimum absolute atomic E-state index is 0.159. The van der Waals surface area contributed by atoms with Crippen LogP contribution in [0.1, 0.15) is 73.1 Å². The highest BCUT2D eigenvalue weighted by molar-refractivity contribution is 4.92. The number of hydrogen-bond acceptors (Lipinski definition) is 1. The third kappa shape index (κ3) is 6.96. The molecule has 0 saturated heterocycles. The Hall–Kier alpha value is -0.250. The molecule has 20 heavy (non-hydrogen) atoms. The number of halogens is 3. The van der Waals surface area contributed by atoms with Gasteiger partial charge in [-0.25, -0.2) is 0 Å². The molecule has 0 aromatic carbocycles. The normalized spacial score (nSPS) is 24.6. The summed E-state index contributed by atoms with van der Waals surface area (Å²) in [5.74, 6) is 0. The Morgan fingerprint density at radius 1 is 1.10 bits per heavy atom. The lowest BCUT2D eigenvalue weighted by molar-refractivity contribution is -0.135. The van der Waals surface area contributed by atoms with Crippen molar-refractivity contribution in [2.45, 2.75) is 91.4 Å². The highest BCUT2D eigenvalue weighted by Crippen LogP contribution is 2.45. The third-order valence-electron chi connectivity index (χ3n) is 4.17. The second-order valence-corrected chi connectivity index (χ2v) is 8.19. The minimum Gasteiger partial charge on any atom is -0.311 e. The molecule has 0 aromatic rings. The zero-order valence-electron chi connectivity index (χ0n) is 13.5. The summed E-state index contributed by atoms with van der Waals surface area (Å²) in [4.78, 5) is 0. The summed E-state index contributed by atoms with van der Waals surface area (Å²) in [5, 5.41) is 3.55. The molecule has 1 aliphatic rings. The van der Waals surface area contributed by atoms with Crippen molar-refractivity contribution in [2.75, 3.05) is 0 Å². The van der Waals surface area contributed by atoms with E-state index in [0.717, 1.165) is 12.8 Å². The highest BCUT2D eigenvalue weighted by Gasteiger charge is 2.38. The molecule has 0 heterocycles. The first-order valence-electron chi connectivity index (χ1n) is 7.71. The van der Waals surface area contributed by atoms with Gasteiger partial charge in [0.2, 0.25) is 0 Å². The Morgan fingerprint density at radius 3 is 2.05 bits per heavy atom. The van der Waals surface area contributed by atoms with Crippen LogP contribution in [0, 0.1) is 10.8 Å². The number of rotatable bonds is 5. The fraction of sp³-hybridized carbons (Fsp3) is 1.00. The maximum Gasteiger partial charge on any atom is 0.389 e. The maximum absolute atomic E-state index is 12.1. The zero-order valence-corrected chi connectivity index (χ0v) is 13.5. The van der Waals surface area contributed by atoms with Gasteiger partial charge < -0.3 is 5.32 Å². The molecule has 1 aliphatic carbocycles. The van der Waals surface area contributed by atoms with Gasteiger partial charge in [-0.2, -0.15) is 13.2 Å². The molecule has 1 saturated carbocycles. The molecule has 1 fully saturated rings. The van der Waals surface area contributed by atoms with E-state index in [4.69, 9.17) is 0 Å². The second-order valence-electron chi connectivity index (χ2n) is 8.19. The molecule has 1 nitrogen and oxygen atoms in total. The highest BCUT2D eigenvalue weighted by atomic mass is 19.4. The van der Waals surface area contributed by atoms with Crippen molar-refractivity contribution in [1.29, 1.82) is 0 Å². The smallest absolute Gasteiger partial charge is 0.311 e. The van der Waals surface area contributed by atoms with Gasteiger partial charge in [0, 0.05) is 18.5 Å². The molecule has 1 rings (SSSR count). The van der Waals surface area contributed by atoms with Gasteiger partial charge in [0.15, 0.2) is 0 Å². The van der Waals surface area contributed by atoms with Crippen LogP contribution in [0.25, 0.3) is 0 Å². The average Bonchev–Trinajstić information content (AvgIpc) is 2.08. The predicted molar refractivity (Wildman–Crippen MR) is 77.7 cm³/mol. The lowest BCUT2D eigenvalue weighted by Gasteiger charge is -2.46. The van der Waals surface area contributed by atoms with Gasteiger partial charge in [-0.05, 0) is 49.9 Å². The molecule has 4 heteroatoms. The van der Waals surface area contributed by atoms with E-state index < -0.39 is 12.6 Å². The van der Waals surface area contributed by atoms with E-state index in [-0.39, 0.29) is 12.5 Å². The lowest BCUT2D eigenvalue weighted by atomic mass is 9.63. The first-order chi connectivity index (χ1) is 8.89. The SMILES string of the molecule is CC(CCCC(F)(F)F)NC1CC(C)(C)CC(C)(C)C1. The maximum atomic E-state index is 12.1. The van der Waals surface area contributed by atoms with Crippen LogP contribution < -0.4 is 5.32 Å². The van der Waals surface area contributed by atoms with Gasteiger partial charge in [0.05, 0.1) is 0 Å². The number of nitrogens with one attached hydrogen (secondary N) is 1. The fourth-order valence-electron chi connectivity index (χ4n) is 4.06. The van der Waals surface area contributed by atoms with Gasteiger partial charge in [-0.3, -0.25) is 0 Å². The molecule has 0 spiro atoms. The predicted octanol–water partition coefficient (Wildman–Crippen LogP) is 5.30. The van der Waals surface area contributed by atoms with E-state index >= 15 is 0 Å². The topological polar surface area (TPSA) is 12.0 Å². The largest absolute Gasteiger partial charge is 0.389 e. The Balaban J connectivity index is 2.39. The fourth-order valence-corrected chi connectivity index (χ4v) is 4.06. The Kier molecular flexibility index (Phi) is 5.56. The van der Waals surface area contributed by atoms with Crippen LogP contribution in [-0.4, -0.2) is 18.3 Å². The van der Waals surface area contributed by atoms with E-state index in [1.165, 1.54) is 6.42 Å². The number of alkyl halides is 3. The van der Waals surface area contributed by atoms with Crippen molar-refractivity contribution >= 4 is 0 Å². The van der Waals surface area contributed by atoms with Crippen LogP contribution in [0.4, 0.5) is 13.2 Å².